The molecule has 5 heteroatoms. The number of aliphatic hydroxyl groups excluding tert-OH is 1. The molecule has 0 aliphatic rings. The van der Waals surface area contributed by atoms with Crippen molar-refractivity contribution in [2.45, 2.75) is 6.29 Å². The first-order valence-corrected chi connectivity index (χ1v) is 4.09. The van der Waals surface area contributed by atoms with E-state index in [1.54, 1.807) is 18.2 Å². The molecule has 1 heterocycles. The van der Waals surface area contributed by atoms with Gasteiger partial charge in [-0.1, -0.05) is 6.07 Å². The van der Waals surface area contributed by atoms with Crippen molar-refractivity contribution in [3.63, 3.8) is 0 Å². The predicted molar refractivity (Wildman–Crippen MR) is 44.6 cm³/mol. The van der Waals surface area contributed by atoms with Crippen molar-refractivity contribution in [2.24, 2.45) is 0 Å². The van der Waals surface area contributed by atoms with Gasteiger partial charge in [0.25, 0.3) is 0 Å². The van der Waals surface area contributed by atoms with Crippen LogP contribution in [0.15, 0.2) is 18.2 Å². The monoisotopic (exact) mass is 182 g/mol. The van der Waals surface area contributed by atoms with Gasteiger partial charge in [0.05, 0.1) is 11.7 Å². The van der Waals surface area contributed by atoms with Crippen LogP contribution in [0.25, 0.3) is 11.0 Å². The number of aliphatic hydroxyl groups is 2. The SMILES string of the molecule is OC(O)c1ccc2nsnc2c1. The molecule has 0 aliphatic carbocycles. The van der Waals surface area contributed by atoms with Crippen LogP contribution in [0.4, 0.5) is 0 Å². The lowest BCUT2D eigenvalue weighted by atomic mass is 10.2. The summed E-state index contributed by atoms with van der Waals surface area (Å²) in [7, 11) is 0. The van der Waals surface area contributed by atoms with E-state index in [4.69, 9.17) is 10.2 Å². The summed E-state index contributed by atoms with van der Waals surface area (Å²) in [4.78, 5) is 0. The number of hydrogen-bond acceptors (Lipinski definition) is 5. The molecule has 1 aromatic heterocycles. The lowest BCUT2D eigenvalue weighted by molar-refractivity contribution is -0.0423. The summed E-state index contributed by atoms with van der Waals surface area (Å²) in [6.45, 7) is 0. The molecule has 0 saturated carbocycles. The van der Waals surface area contributed by atoms with E-state index in [-0.39, 0.29) is 0 Å². The molecule has 0 amide bonds. The van der Waals surface area contributed by atoms with E-state index in [0.29, 0.717) is 11.1 Å². The Hall–Kier alpha value is -1.04. The summed E-state index contributed by atoms with van der Waals surface area (Å²) in [5, 5.41) is 17.7. The topological polar surface area (TPSA) is 66.2 Å². The van der Waals surface area contributed by atoms with Gasteiger partial charge in [-0.2, -0.15) is 8.75 Å². The van der Waals surface area contributed by atoms with Gasteiger partial charge in [0.1, 0.15) is 11.0 Å². The van der Waals surface area contributed by atoms with Gasteiger partial charge in [0.2, 0.25) is 0 Å². The molecular formula is C7H6N2O2S. The van der Waals surface area contributed by atoms with Gasteiger partial charge in [0.15, 0.2) is 6.29 Å². The van der Waals surface area contributed by atoms with E-state index >= 15 is 0 Å². The third kappa shape index (κ3) is 1.18. The van der Waals surface area contributed by atoms with Gasteiger partial charge in [-0.3, -0.25) is 0 Å². The maximum atomic E-state index is 8.83. The second-order valence-electron chi connectivity index (χ2n) is 2.39. The van der Waals surface area contributed by atoms with Crippen LogP contribution in [-0.2, 0) is 0 Å². The fraction of sp³-hybridized carbons (Fsp3) is 0.143. The van der Waals surface area contributed by atoms with Gasteiger partial charge in [-0.05, 0) is 12.1 Å². The average Bonchev–Trinajstić information content (AvgIpc) is 2.49. The molecule has 0 atom stereocenters. The molecule has 2 N–H and O–H groups in total. The average molecular weight is 182 g/mol. The highest BCUT2D eigenvalue weighted by atomic mass is 32.1. The van der Waals surface area contributed by atoms with E-state index in [1.165, 1.54) is 0 Å². The molecule has 2 rings (SSSR count). The van der Waals surface area contributed by atoms with Crippen LogP contribution >= 0.6 is 11.7 Å². The Bertz CT molecular complexity index is 399. The lowest BCUT2D eigenvalue weighted by Crippen LogP contribution is -1.93. The standard InChI is InChI=1S/C7H6N2O2S/c10-7(11)4-1-2-5-6(3-4)9-12-8-5/h1-3,7,10-11H. The second kappa shape index (κ2) is 2.78. The first-order chi connectivity index (χ1) is 5.77. The largest absolute Gasteiger partial charge is 0.364 e. The van der Waals surface area contributed by atoms with Crippen LogP contribution in [-0.4, -0.2) is 19.0 Å². The number of aromatic nitrogens is 2. The van der Waals surface area contributed by atoms with Crippen molar-refractivity contribution in [2.75, 3.05) is 0 Å². The quantitative estimate of drug-likeness (QED) is 0.636. The van der Waals surface area contributed by atoms with E-state index in [2.05, 4.69) is 8.75 Å². The molecular weight excluding hydrogens is 176 g/mol. The molecule has 4 nitrogen and oxygen atoms in total. The predicted octanol–water partition coefficient (Wildman–Crippen LogP) is 0.675. The first-order valence-electron chi connectivity index (χ1n) is 3.36. The van der Waals surface area contributed by atoms with Crippen LogP contribution in [0.3, 0.4) is 0 Å². The lowest BCUT2D eigenvalue weighted by Gasteiger charge is -2.01. The van der Waals surface area contributed by atoms with Gasteiger partial charge in [-0.15, -0.1) is 0 Å². The van der Waals surface area contributed by atoms with Crippen molar-refractivity contribution < 1.29 is 10.2 Å². The zero-order chi connectivity index (χ0) is 8.55. The van der Waals surface area contributed by atoms with E-state index < -0.39 is 6.29 Å². The van der Waals surface area contributed by atoms with Gasteiger partial charge in [0, 0.05) is 5.56 Å². The van der Waals surface area contributed by atoms with Crippen molar-refractivity contribution >= 4 is 22.8 Å². The van der Waals surface area contributed by atoms with Crippen molar-refractivity contribution in [1.29, 1.82) is 0 Å². The maximum absolute atomic E-state index is 8.83. The molecule has 0 unspecified atom stereocenters. The molecule has 0 spiro atoms. The van der Waals surface area contributed by atoms with Crippen LogP contribution in [0, 0.1) is 0 Å². The molecule has 62 valence electrons. The first kappa shape index (κ1) is 7.60. The molecule has 0 fully saturated rings. The molecule has 0 bridgehead atoms. The molecule has 2 aromatic rings. The summed E-state index contributed by atoms with van der Waals surface area (Å²) in [6.07, 6.45) is -1.43. The third-order valence-corrected chi connectivity index (χ3v) is 2.13. The molecule has 1 aromatic carbocycles. The Morgan fingerprint density at radius 1 is 1.17 bits per heavy atom. The molecule has 12 heavy (non-hydrogen) atoms. The zero-order valence-electron chi connectivity index (χ0n) is 6.01. The minimum atomic E-state index is -1.43. The minimum Gasteiger partial charge on any atom is -0.364 e. The summed E-state index contributed by atoms with van der Waals surface area (Å²) < 4.78 is 7.96. The van der Waals surface area contributed by atoms with Gasteiger partial charge >= 0.3 is 0 Å². The number of rotatable bonds is 1. The number of fused-ring (bicyclic) bond motifs is 1. The Labute approximate surface area is 72.4 Å². The number of hydrogen-bond donors (Lipinski definition) is 2. The minimum absolute atomic E-state index is 0.440. The Morgan fingerprint density at radius 3 is 2.67 bits per heavy atom. The maximum Gasteiger partial charge on any atom is 0.178 e. The van der Waals surface area contributed by atoms with E-state index in [1.807, 2.05) is 0 Å². The van der Waals surface area contributed by atoms with E-state index in [9.17, 15) is 0 Å². The second-order valence-corrected chi connectivity index (χ2v) is 2.91. The Balaban J connectivity index is 2.60. The highest BCUT2D eigenvalue weighted by molar-refractivity contribution is 7.00. The molecule has 0 aliphatic heterocycles. The van der Waals surface area contributed by atoms with Crippen molar-refractivity contribution in [3.05, 3.63) is 23.8 Å². The van der Waals surface area contributed by atoms with Crippen LogP contribution in [0.1, 0.15) is 11.9 Å². The zero-order valence-corrected chi connectivity index (χ0v) is 6.82. The van der Waals surface area contributed by atoms with Crippen molar-refractivity contribution in [3.8, 4) is 0 Å². The van der Waals surface area contributed by atoms with Crippen LogP contribution in [0.2, 0.25) is 0 Å². The highest BCUT2D eigenvalue weighted by Crippen LogP contribution is 2.16. The van der Waals surface area contributed by atoms with Gasteiger partial charge < -0.3 is 10.2 Å². The van der Waals surface area contributed by atoms with Gasteiger partial charge in [-0.25, -0.2) is 0 Å². The third-order valence-electron chi connectivity index (χ3n) is 1.58. The summed E-state index contributed by atoms with van der Waals surface area (Å²) >= 11 is 1.11. The fourth-order valence-electron chi connectivity index (χ4n) is 0.960. The highest BCUT2D eigenvalue weighted by Gasteiger charge is 2.04. The van der Waals surface area contributed by atoms with Crippen LogP contribution < -0.4 is 0 Å². The van der Waals surface area contributed by atoms with E-state index in [0.717, 1.165) is 17.2 Å². The Morgan fingerprint density at radius 2 is 1.92 bits per heavy atom. The summed E-state index contributed by atoms with van der Waals surface area (Å²) in [5.41, 5.74) is 1.92. The smallest absolute Gasteiger partial charge is 0.178 e. The fourth-order valence-corrected chi connectivity index (χ4v) is 1.48. The summed E-state index contributed by atoms with van der Waals surface area (Å²) in [6, 6.07) is 4.95. The summed E-state index contributed by atoms with van der Waals surface area (Å²) in [5.74, 6) is 0. The van der Waals surface area contributed by atoms with Crippen molar-refractivity contribution in [1.82, 2.24) is 8.75 Å². The molecule has 0 radical (unpaired) electrons. The molecule has 0 saturated heterocycles. The number of nitrogens with zero attached hydrogens (tertiary/aromatic N) is 2. The normalized spacial score (nSPS) is 11.2. The Kier molecular flexibility index (Phi) is 1.76. The van der Waals surface area contributed by atoms with Crippen LogP contribution in [0.5, 0.6) is 0 Å². The number of benzene rings is 1.